The first-order valence-corrected chi connectivity index (χ1v) is 12.9. The van der Waals surface area contributed by atoms with Gasteiger partial charge < -0.3 is 69.3 Å². The van der Waals surface area contributed by atoms with E-state index in [1.165, 1.54) is 25.1 Å². The van der Waals surface area contributed by atoms with Crippen molar-refractivity contribution in [3.05, 3.63) is 46.6 Å². The van der Waals surface area contributed by atoms with Gasteiger partial charge >= 0.3 is 0 Å². The number of aliphatic hydroxyl groups is 6. The SMILES string of the molecule is C[C@@H]1O[C@@H](OC[C@H]2O[C@@H](Oc3ccc(-c4cc(=O)c5c(O)cc(O)cc5o4)cc3O)[C@H](O)[C@@H](O)[C@@H]2O)[C@H](O)[C@H](O)[C@H]1O. The number of phenols is 3. The molecule has 2 aliphatic rings. The monoisotopic (exact) mass is 594 g/mol. The van der Waals surface area contributed by atoms with Crippen molar-refractivity contribution in [2.75, 3.05) is 6.61 Å². The lowest BCUT2D eigenvalue weighted by Gasteiger charge is -2.42. The molecule has 0 aliphatic carbocycles. The van der Waals surface area contributed by atoms with Crippen molar-refractivity contribution >= 4 is 11.0 Å². The lowest BCUT2D eigenvalue weighted by Crippen LogP contribution is -2.61. The fraction of sp³-hybridized carbons (Fsp3) is 0.444. The third-order valence-electron chi connectivity index (χ3n) is 7.18. The lowest BCUT2D eigenvalue weighted by molar-refractivity contribution is -0.318. The molecule has 228 valence electrons. The van der Waals surface area contributed by atoms with Crippen molar-refractivity contribution in [3.8, 4) is 34.3 Å². The predicted molar refractivity (Wildman–Crippen MR) is 139 cm³/mol. The summed E-state index contributed by atoms with van der Waals surface area (Å²) >= 11 is 0. The van der Waals surface area contributed by atoms with Crippen molar-refractivity contribution in [2.24, 2.45) is 0 Å². The van der Waals surface area contributed by atoms with Gasteiger partial charge in [0, 0.05) is 23.8 Å². The van der Waals surface area contributed by atoms with Gasteiger partial charge in [-0.3, -0.25) is 4.79 Å². The molecule has 1 aromatic heterocycles. The number of rotatable bonds is 6. The largest absolute Gasteiger partial charge is 0.508 e. The molecule has 15 heteroatoms. The van der Waals surface area contributed by atoms with Gasteiger partial charge in [0.25, 0.3) is 0 Å². The summed E-state index contributed by atoms with van der Waals surface area (Å²) in [7, 11) is 0. The standard InChI is InChI=1S/C27H30O15/c1-9-20(32)22(34)24(36)26(39-9)38-8-18-21(33)23(35)25(37)27(42-18)41-15-3-2-10(4-12(15)29)16-7-14(31)19-13(30)5-11(28)6-17(19)40-16/h2-7,9,18,20-30,32-37H,8H2,1H3/t9-,18+,20-,21+,22+,23-,24+,25+,26+,27+/m0/s1. The van der Waals surface area contributed by atoms with Gasteiger partial charge in [-0.25, -0.2) is 0 Å². The van der Waals surface area contributed by atoms with Gasteiger partial charge in [0.2, 0.25) is 6.29 Å². The minimum Gasteiger partial charge on any atom is -0.508 e. The van der Waals surface area contributed by atoms with Crippen molar-refractivity contribution < 1.29 is 69.3 Å². The Balaban J connectivity index is 1.31. The molecule has 10 atom stereocenters. The number of hydrogen-bond donors (Lipinski definition) is 9. The molecule has 9 N–H and O–H groups in total. The van der Waals surface area contributed by atoms with E-state index in [-0.39, 0.29) is 33.8 Å². The maximum atomic E-state index is 12.5. The van der Waals surface area contributed by atoms with Crippen LogP contribution in [0, 0.1) is 0 Å². The second kappa shape index (κ2) is 11.6. The summed E-state index contributed by atoms with van der Waals surface area (Å²) < 4.78 is 27.5. The number of fused-ring (bicyclic) bond motifs is 1. The average Bonchev–Trinajstić information content (AvgIpc) is 2.94. The quantitative estimate of drug-likeness (QED) is 0.159. The minimum absolute atomic E-state index is 0.0110. The molecule has 0 spiro atoms. The molecule has 2 aromatic carbocycles. The molecular weight excluding hydrogens is 564 g/mol. The number of hydrogen-bond acceptors (Lipinski definition) is 15. The van der Waals surface area contributed by atoms with E-state index < -0.39 is 84.9 Å². The molecule has 15 nitrogen and oxygen atoms in total. The van der Waals surface area contributed by atoms with Crippen LogP contribution in [0.15, 0.2) is 45.6 Å². The Bertz CT molecular complexity index is 1490. The molecule has 5 rings (SSSR count). The maximum absolute atomic E-state index is 12.5. The molecule has 2 fully saturated rings. The highest BCUT2D eigenvalue weighted by Crippen LogP contribution is 2.36. The molecule has 0 amide bonds. The molecule has 0 bridgehead atoms. The number of aromatic hydroxyl groups is 3. The minimum atomic E-state index is -1.78. The van der Waals surface area contributed by atoms with Crippen LogP contribution in [0.2, 0.25) is 0 Å². The highest BCUT2D eigenvalue weighted by molar-refractivity contribution is 5.86. The van der Waals surface area contributed by atoms with Crippen molar-refractivity contribution in [1.82, 2.24) is 0 Å². The van der Waals surface area contributed by atoms with Gasteiger partial charge in [0.1, 0.15) is 71.0 Å². The van der Waals surface area contributed by atoms with Crippen LogP contribution in [-0.4, -0.2) is 114 Å². The number of aliphatic hydroxyl groups excluding tert-OH is 6. The zero-order valence-corrected chi connectivity index (χ0v) is 21.9. The third-order valence-corrected chi connectivity index (χ3v) is 7.18. The second-order valence-electron chi connectivity index (χ2n) is 10.1. The summed E-state index contributed by atoms with van der Waals surface area (Å²) in [4.78, 5) is 12.5. The van der Waals surface area contributed by atoms with Gasteiger partial charge in [0.15, 0.2) is 23.2 Å². The molecule has 0 unspecified atom stereocenters. The van der Waals surface area contributed by atoms with E-state index in [0.717, 1.165) is 18.2 Å². The van der Waals surface area contributed by atoms with Crippen LogP contribution in [-0.2, 0) is 14.2 Å². The van der Waals surface area contributed by atoms with Crippen LogP contribution >= 0.6 is 0 Å². The zero-order chi connectivity index (χ0) is 30.5. The summed E-state index contributed by atoms with van der Waals surface area (Å²) in [6, 6.07) is 7.05. The first-order valence-electron chi connectivity index (χ1n) is 12.9. The molecule has 0 saturated carbocycles. The van der Waals surface area contributed by atoms with Gasteiger partial charge in [-0.2, -0.15) is 0 Å². The van der Waals surface area contributed by atoms with Crippen LogP contribution in [0.4, 0.5) is 0 Å². The fourth-order valence-corrected chi connectivity index (χ4v) is 4.78. The molecule has 3 aromatic rings. The van der Waals surface area contributed by atoms with Crippen LogP contribution < -0.4 is 10.2 Å². The van der Waals surface area contributed by atoms with E-state index >= 15 is 0 Å². The summed E-state index contributed by atoms with van der Waals surface area (Å²) in [5.41, 5.74) is -0.490. The topological polar surface area (TPSA) is 249 Å². The summed E-state index contributed by atoms with van der Waals surface area (Å²) in [5.74, 6) is -1.52. The van der Waals surface area contributed by atoms with Crippen molar-refractivity contribution in [2.45, 2.75) is 68.3 Å². The Morgan fingerprint density at radius 3 is 2.17 bits per heavy atom. The van der Waals surface area contributed by atoms with Crippen LogP contribution in [0.25, 0.3) is 22.3 Å². The molecule has 2 aliphatic heterocycles. The molecule has 2 saturated heterocycles. The third kappa shape index (κ3) is 5.61. The smallest absolute Gasteiger partial charge is 0.229 e. The normalized spacial score (nSPS) is 33.5. The Morgan fingerprint density at radius 1 is 0.762 bits per heavy atom. The number of ether oxygens (including phenoxy) is 4. The highest BCUT2D eigenvalue weighted by Gasteiger charge is 2.47. The highest BCUT2D eigenvalue weighted by atomic mass is 16.7. The van der Waals surface area contributed by atoms with Gasteiger partial charge in [-0.05, 0) is 25.1 Å². The number of benzene rings is 2. The Morgan fingerprint density at radius 2 is 1.45 bits per heavy atom. The van der Waals surface area contributed by atoms with E-state index in [2.05, 4.69) is 0 Å². The Kier molecular flexibility index (Phi) is 8.30. The van der Waals surface area contributed by atoms with Gasteiger partial charge in [-0.1, -0.05) is 0 Å². The Labute approximate surface area is 236 Å². The second-order valence-corrected chi connectivity index (χ2v) is 10.1. The fourth-order valence-electron chi connectivity index (χ4n) is 4.78. The first-order chi connectivity index (χ1) is 19.8. The first kappa shape index (κ1) is 30.0. The van der Waals surface area contributed by atoms with E-state index in [0.29, 0.717) is 0 Å². The number of phenolic OH excluding ortho intramolecular Hbond substituents is 3. The molecular formula is C27H30O15. The van der Waals surface area contributed by atoms with Crippen molar-refractivity contribution in [3.63, 3.8) is 0 Å². The molecule has 42 heavy (non-hydrogen) atoms. The van der Waals surface area contributed by atoms with Crippen LogP contribution in [0.3, 0.4) is 0 Å². The Hall–Kier alpha value is -3.51. The van der Waals surface area contributed by atoms with E-state index in [1.54, 1.807) is 0 Å². The van der Waals surface area contributed by atoms with E-state index in [1.807, 2.05) is 0 Å². The lowest BCUT2D eigenvalue weighted by atomic mass is 9.98. The maximum Gasteiger partial charge on any atom is 0.229 e. The summed E-state index contributed by atoms with van der Waals surface area (Å²) in [6.45, 7) is 0.951. The van der Waals surface area contributed by atoms with Crippen molar-refractivity contribution in [1.29, 1.82) is 0 Å². The summed E-state index contributed by atoms with van der Waals surface area (Å²) in [5, 5.41) is 91.3. The molecule has 3 heterocycles. The van der Waals surface area contributed by atoms with Gasteiger partial charge in [-0.15, -0.1) is 0 Å². The summed E-state index contributed by atoms with van der Waals surface area (Å²) in [6.07, 6.45) is -15.0. The van der Waals surface area contributed by atoms with E-state index in [4.69, 9.17) is 23.4 Å². The average molecular weight is 595 g/mol. The van der Waals surface area contributed by atoms with Gasteiger partial charge in [0.05, 0.1) is 12.7 Å². The van der Waals surface area contributed by atoms with Crippen LogP contribution in [0.5, 0.6) is 23.0 Å². The van der Waals surface area contributed by atoms with E-state index in [9.17, 15) is 50.8 Å². The zero-order valence-electron chi connectivity index (χ0n) is 21.9. The molecule has 0 radical (unpaired) electrons. The predicted octanol–water partition coefficient (Wildman–Crippen LogP) is -1.39. The van der Waals surface area contributed by atoms with Crippen LogP contribution in [0.1, 0.15) is 6.92 Å².